The third-order valence-corrected chi connectivity index (χ3v) is 5.47. The van der Waals surface area contributed by atoms with E-state index in [4.69, 9.17) is 0 Å². The topological polar surface area (TPSA) is 35.5 Å². The van der Waals surface area contributed by atoms with E-state index in [1.54, 1.807) is 0 Å². The molecule has 0 heterocycles. The second-order valence-corrected chi connectivity index (χ2v) is 6.81. The summed E-state index contributed by atoms with van der Waals surface area (Å²) in [6.07, 6.45) is 9.15. The number of rotatable bonds is 10. The van der Waals surface area contributed by atoms with Gasteiger partial charge in [0.1, 0.15) is 0 Å². The van der Waals surface area contributed by atoms with Gasteiger partial charge in [0.2, 0.25) is 0 Å². The molecule has 1 fully saturated rings. The lowest BCUT2D eigenvalue weighted by Crippen LogP contribution is -2.48. The highest BCUT2D eigenvalue weighted by Gasteiger charge is 2.31. The number of hydrogen-bond donors (Lipinski definition) is 2. The quantitative estimate of drug-likeness (QED) is 0.650. The fraction of sp³-hybridized carbons (Fsp3) is 1.00. The SMILES string of the molecule is CCCC1CCC(NC)C(CN(CCO)C(CC)CC)C1. The fourth-order valence-electron chi connectivity index (χ4n) is 4.27. The van der Waals surface area contributed by atoms with Crippen molar-refractivity contribution >= 4 is 0 Å². The van der Waals surface area contributed by atoms with Gasteiger partial charge in [-0.05, 0) is 51.0 Å². The van der Waals surface area contributed by atoms with Crippen LogP contribution in [0.15, 0.2) is 0 Å². The summed E-state index contributed by atoms with van der Waals surface area (Å²) in [6.45, 7) is 9.12. The highest BCUT2D eigenvalue weighted by atomic mass is 16.3. The van der Waals surface area contributed by atoms with Crippen LogP contribution < -0.4 is 5.32 Å². The van der Waals surface area contributed by atoms with Gasteiger partial charge in [-0.3, -0.25) is 4.90 Å². The molecule has 0 saturated heterocycles. The molecule has 0 spiro atoms. The highest BCUT2D eigenvalue weighted by molar-refractivity contribution is 4.87. The number of aliphatic hydroxyl groups is 1. The maximum atomic E-state index is 9.41. The minimum absolute atomic E-state index is 0.284. The summed E-state index contributed by atoms with van der Waals surface area (Å²) < 4.78 is 0. The zero-order valence-corrected chi connectivity index (χ0v) is 14.8. The van der Waals surface area contributed by atoms with Gasteiger partial charge in [0.25, 0.3) is 0 Å². The first-order valence-corrected chi connectivity index (χ1v) is 9.22. The largest absolute Gasteiger partial charge is 0.395 e. The zero-order chi connectivity index (χ0) is 15.7. The van der Waals surface area contributed by atoms with E-state index < -0.39 is 0 Å². The van der Waals surface area contributed by atoms with E-state index in [9.17, 15) is 5.11 Å². The van der Waals surface area contributed by atoms with Crippen LogP contribution in [0.3, 0.4) is 0 Å². The van der Waals surface area contributed by atoms with Crippen molar-refractivity contribution in [3.05, 3.63) is 0 Å². The van der Waals surface area contributed by atoms with E-state index in [-0.39, 0.29) is 6.61 Å². The minimum Gasteiger partial charge on any atom is -0.395 e. The van der Waals surface area contributed by atoms with Crippen molar-refractivity contribution in [3.8, 4) is 0 Å². The van der Waals surface area contributed by atoms with Crippen LogP contribution in [0.1, 0.15) is 65.7 Å². The fourth-order valence-corrected chi connectivity index (χ4v) is 4.27. The maximum absolute atomic E-state index is 9.41. The smallest absolute Gasteiger partial charge is 0.0558 e. The molecule has 1 rings (SSSR count). The van der Waals surface area contributed by atoms with Crippen molar-refractivity contribution in [3.63, 3.8) is 0 Å². The van der Waals surface area contributed by atoms with E-state index in [2.05, 4.69) is 38.0 Å². The molecular weight excluding hydrogens is 260 g/mol. The Hall–Kier alpha value is -0.120. The normalized spacial score (nSPS) is 26.7. The van der Waals surface area contributed by atoms with Crippen molar-refractivity contribution in [2.75, 3.05) is 26.7 Å². The van der Waals surface area contributed by atoms with Gasteiger partial charge in [0.05, 0.1) is 6.61 Å². The van der Waals surface area contributed by atoms with Gasteiger partial charge in [-0.25, -0.2) is 0 Å². The van der Waals surface area contributed by atoms with Crippen LogP contribution in [-0.2, 0) is 0 Å². The first-order valence-electron chi connectivity index (χ1n) is 9.22. The van der Waals surface area contributed by atoms with Gasteiger partial charge >= 0.3 is 0 Å². The Morgan fingerprint density at radius 3 is 2.43 bits per heavy atom. The molecule has 3 heteroatoms. The van der Waals surface area contributed by atoms with Crippen molar-refractivity contribution < 1.29 is 5.11 Å². The molecule has 1 saturated carbocycles. The standard InChI is InChI=1S/C18H38N2O/c1-5-8-15-9-10-18(19-4)16(13-15)14-20(11-12-21)17(6-2)7-3/h15-19,21H,5-14H2,1-4H3. The minimum atomic E-state index is 0.284. The Labute approximate surface area is 132 Å². The third-order valence-electron chi connectivity index (χ3n) is 5.47. The number of aliphatic hydroxyl groups excluding tert-OH is 1. The molecule has 1 aliphatic carbocycles. The molecule has 126 valence electrons. The Kier molecular flexibility index (Phi) is 9.54. The maximum Gasteiger partial charge on any atom is 0.0558 e. The van der Waals surface area contributed by atoms with Crippen LogP contribution in [0, 0.1) is 11.8 Å². The summed E-state index contributed by atoms with van der Waals surface area (Å²) in [5.74, 6) is 1.66. The average molecular weight is 299 g/mol. The molecule has 0 radical (unpaired) electrons. The Bertz CT molecular complexity index is 256. The lowest BCUT2D eigenvalue weighted by molar-refractivity contribution is 0.0882. The van der Waals surface area contributed by atoms with E-state index in [0.717, 1.165) is 24.9 Å². The zero-order valence-electron chi connectivity index (χ0n) is 14.8. The van der Waals surface area contributed by atoms with Crippen molar-refractivity contribution in [2.45, 2.75) is 77.8 Å². The molecule has 0 aromatic heterocycles. The van der Waals surface area contributed by atoms with Gasteiger partial charge in [-0.15, -0.1) is 0 Å². The first-order chi connectivity index (χ1) is 10.2. The molecule has 0 aliphatic heterocycles. The van der Waals surface area contributed by atoms with Crippen LogP contribution in [-0.4, -0.2) is 48.8 Å². The lowest BCUT2D eigenvalue weighted by atomic mass is 9.76. The Morgan fingerprint density at radius 2 is 1.90 bits per heavy atom. The van der Waals surface area contributed by atoms with Gasteiger partial charge in [-0.2, -0.15) is 0 Å². The predicted molar refractivity (Wildman–Crippen MR) is 91.6 cm³/mol. The molecule has 3 atom stereocenters. The van der Waals surface area contributed by atoms with E-state index in [1.807, 2.05) is 0 Å². The Balaban J connectivity index is 2.67. The van der Waals surface area contributed by atoms with E-state index >= 15 is 0 Å². The van der Waals surface area contributed by atoms with Gasteiger partial charge in [0.15, 0.2) is 0 Å². The van der Waals surface area contributed by atoms with Crippen molar-refractivity contribution in [1.82, 2.24) is 10.2 Å². The van der Waals surface area contributed by atoms with Crippen LogP contribution in [0.5, 0.6) is 0 Å². The summed E-state index contributed by atoms with van der Waals surface area (Å²) >= 11 is 0. The summed E-state index contributed by atoms with van der Waals surface area (Å²) in [5, 5.41) is 13.0. The van der Waals surface area contributed by atoms with Crippen LogP contribution in [0.4, 0.5) is 0 Å². The van der Waals surface area contributed by atoms with Gasteiger partial charge in [0, 0.05) is 25.2 Å². The summed E-state index contributed by atoms with van der Waals surface area (Å²) in [7, 11) is 2.12. The second kappa shape index (κ2) is 10.6. The molecule has 1 aliphatic rings. The summed E-state index contributed by atoms with van der Waals surface area (Å²) in [4.78, 5) is 2.54. The monoisotopic (exact) mass is 298 g/mol. The second-order valence-electron chi connectivity index (χ2n) is 6.81. The van der Waals surface area contributed by atoms with Crippen molar-refractivity contribution in [1.29, 1.82) is 0 Å². The first kappa shape index (κ1) is 18.9. The molecule has 3 nitrogen and oxygen atoms in total. The highest BCUT2D eigenvalue weighted by Crippen LogP contribution is 2.33. The summed E-state index contributed by atoms with van der Waals surface area (Å²) in [6, 6.07) is 1.29. The van der Waals surface area contributed by atoms with E-state index in [0.29, 0.717) is 12.1 Å². The van der Waals surface area contributed by atoms with Gasteiger partial charge < -0.3 is 10.4 Å². The lowest BCUT2D eigenvalue weighted by Gasteiger charge is -2.41. The molecule has 0 amide bonds. The molecule has 0 aromatic rings. The number of nitrogens with one attached hydrogen (secondary N) is 1. The number of nitrogens with zero attached hydrogens (tertiary/aromatic N) is 1. The molecule has 3 unspecified atom stereocenters. The van der Waals surface area contributed by atoms with Gasteiger partial charge in [-0.1, -0.05) is 33.6 Å². The molecule has 21 heavy (non-hydrogen) atoms. The van der Waals surface area contributed by atoms with Crippen LogP contribution >= 0.6 is 0 Å². The molecule has 0 bridgehead atoms. The average Bonchev–Trinajstić information content (AvgIpc) is 2.49. The Morgan fingerprint density at radius 1 is 1.19 bits per heavy atom. The summed E-state index contributed by atoms with van der Waals surface area (Å²) in [5.41, 5.74) is 0. The molecule has 2 N–H and O–H groups in total. The van der Waals surface area contributed by atoms with Crippen LogP contribution in [0.2, 0.25) is 0 Å². The van der Waals surface area contributed by atoms with E-state index in [1.165, 1.54) is 44.9 Å². The molecular formula is C18H38N2O. The molecule has 0 aromatic carbocycles. The van der Waals surface area contributed by atoms with Crippen LogP contribution in [0.25, 0.3) is 0 Å². The van der Waals surface area contributed by atoms with Crippen molar-refractivity contribution in [2.24, 2.45) is 11.8 Å². The predicted octanol–water partition coefficient (Wildman–Crippen LogP) is 3.27. The third kappa shape index (κ3) is 5.88. The number of hydrogen-bond acceptors (Lipinski definition) is 3.